The van der Waals surface area contributed by atoms with E-state index in [1.807, 2.05) is 47.4 Å². The van der Waals surface area contributed by atoms with Crippen LogP contribution in [0, 0.1) is 5.92 Å². The highest BCUT2D eigenvalue weighted by Gasteiger charge is 2.22. The maximum absolute atomic E-state index is 12.6. The molecule has 1 atom stereocenters. The van der Waals surface area contributed by atoms with Gasteiger partial charge in [-0.05, 0) is 34.6 Å². The number of hydrogen-bond donors (Lipinski definition) is 2. The second kappa shape index (κ2) is 11.1. The molecule has 3 rings (SSSR count). The lowest BCUT2D eigenvalue weighted by Gasteiger charge is -2.26. The van der Waals surface area contributed by atoms with E-state index in [9.17, 15) is 9.59 Å². The molecule has 0 radical (unpaired) electrons. The number of rotatable bonds is 8. The third-order valence-electron chi connectivity index (χ3n) is 5.60. The average Bonchev–Trinajstić information content (AvgIpc) is 2.78. The predicted octanol–water partition coefficient (Wildman–Crippen LogP) is 2.92. The summed E-state index contributed by atoms with van der Waals surface area (Å²) >= 11 is 0. The quantitative estimate of drug-likeness (QED) is 0.640. The van der Waals surface area contributed by atoms with E-state index in [0.29, 0.717) is 38.6 Å². The van der Waals surface area contributed by atoms with Crippen LogP contribution >= 0.6 is 0 Å². The van der Waals surface area contributed by atoms with Crippen molar-refractivity contribution in [1.29, 1.82) is 0 Å². The number of hydrogen-bond acceptors (Lipinski definition) is 4. The SMILES string of the molecule is CC(C)C[C@@H](C(=O)NCN)c1cccc(-c2ccc(CC(=O)N3CCOCC3)cc2)c1. The molecular weight excluding hydrogens is 390 g/mol. The molecule has 0 bridgehead atoms. The molecule has 1 heterocycles. The largest absolute Gasteiger partial charge is 0.378 e. The number of nitrogens with one attached hydrogen (secondary N) is 1. The first-order valence-corrected chi connectivity index (χ1v) is 11.0. The zero-order valence-corrected chi connectivity index (χ0v) is 18.5. The van der Waals surface area contributed by atoms with Gasteiger partial charge in [0, 0.05) is 13.1 Å². The summed E-state index contributed by atoms with van der Waals surface area (Å²) in [5, 5.41) is 2.76. The Hall–Kier alpha value is -2.70. The summed E-state index contributed by atoms with van der Waals surface area (Å²) in [5.41, 5.74) is 9.63. The van der Waals surface area contributed by atoms with E-state index in [1.54, 1.807) is 0 Å². The molecule has 0 saturated carbocycles. The van der Waals surface area contributed by atoms with Crippen molar-refractivity contribution < 1.29 is 14.3 Å². The van der Waals surface area contributed by atoms with E-state index < -0.39 is 0 Å². The normalized spacial score (nSPS) is 15.0. The second-order valence-electron chi connectivity index (χ2n) is 8.42. The third-order valence-corrected chi connectivity index (χ3v) is 5.60. The Morgan fingerprint density at radius 3 is 2.42 bits per heavy atom. The van der Waals surface area contributed by atoms with E-state index in [-0.39, 0.29) is 24.4 Å². The van der Waals surface area contributed by atoms with Gasteiger partial charge < -0.3 is 20.7 Å². The van der Waals surface area contributed by atoms with E-state index in [2.05, 4.69) is 25.2 Å². The maximum atomic E-state index is 12.6. The minimum absolute atomic E-state index is 0.0367. The van der Waals surface area contributed by atoms with Crippen LogP contribution in [-0.2, 0) is 20.7 Å². The van der Waals surface area contributed by atoms with Crippen molar-refractivity contribution in [1.82, 2.24) is 10.2 Å². The molecule has 1 saturated heterocycles. The molecule has 2 amide bonds. The lowest BCUT2D eigenvalue weighted by molar-refractivity contribution is -0.134. The predicted molar refractivity (Wildman–Crippen MR) is 122 cm³/mol. The Bertz CT molecular complexity index is 874. The van der Waals surface area contributed by atoms with Gasteiger partial charge in [-0.25, -0.2) is 0 Å². The molecule has 0 aromatic heterocycles. The van der Waals surface area contributed by atoms with Gasteiger partial charge >= 0.3 is 0 Å². The minimum Gasteiger partial charge on any atom is -0.378 e. The molecule has 3 N–H and O–H groups in total. The average molecular weight is 424 g/mol. The van der Waals surface area contributed by atoms with Crippen LogP contribution in [0.5, 0.6) is 0 Å². The lowest BCUT2D eigenvalue weighted by atomic mass is 9.88. The highest BCUT2D eigenvalue weighted by atomic mass is 16.5. The number of ether oxygens (including phenoxy) is 1. The molecule has 0 aliphatic carbocycles. The van der Waals surface area contributed by atoms with Gasteiger partial charge in [0.25, 0.3) is 0 Å². The molecule has 2 aromatic carbocycles. The van der Waals surface area contributed by atoms with Crippen LogP contribution in [0.25, 0.3) is 11.1 Å². The molecule has 6 nitrogen and oxygen atoms in total. The zero-order valence-electron chi connectivity index (χ0n) is 18.5. The van der Waals surface area contributed by atoms with E-state index in [1.165, 1.54) is 0 Å². The molecule has 2 aromatic rings. The molecule has 6 heteroatoms. The minimum atomic E-state index is -0.228. The van der Waals surface area contributed by atoms with E-state index in [0.717, 1.165) is 28.7 Å². The molecule has 166 valence electrons. The van der Waals surface area contributed by atoms with Crippen molar-refractivity contribution in [2.24, 2.45) is 11.7 Å². The van der Waals surface area contributed by atoms with Crippen LogP contribution in [0.1, 0.15) is 37.3 Å². The number of benzene rings is 2. The summed E-state index contributed by atoms with van der Waals surface area (Å²) in [6, 6.07) is 16.2. The Morgan fingerprint density at radius 1 is 1.06 bits per heavy atom. The van der Waals surface area contributed by atoms with Gasteiger partial charge in [0.2, 0.25) is 11.8 Å². The first-order valence-electron chi connectivity index (χ1n) is 11.0. The summed E-state index contributed by atoms with van der Waals surface area (Å²) in [6.45, 7) is 6.92. The first-order chi connectivity index (χ1) is 15.0. The summed E-state index contributed by atoms with van der Waals surface area (Å²) in [6.07, 6.45) is 1.16. The van der Waals surface area contributed by atoms with Crippen LogP contribution in [0.3, 0.4) is 0 Å². The lowest BCUT2D eigenvalue weighted by Crippen LogP contribution is -2.41. The molecule has 1 aliphatic rings. The zero-order chi connectivity index (χ0) is 22.2. The summed E-state index contributed by atoms with van der Waals surface area (Å²) in [7, 11) is 0. The third kappa shape index (κ3) is 6.39. The van der Waals surface area contributed by atoms with Gasteiger partial charge in [-0.1, -0.05) is 62.4 Å². The molecule has 1 fully saturated rings. The first kappa shape index (κ1) is 23.0. The van der Waals surface area contributed by atoms with E-state index >= 15 is 0 Å². The molecule has 0 unspecified atom stereocenters. The van der Waals surface area contributed by atoms with Gasteiger partial charge in [-0.3, -0.25) is 9.59 Å². The standard InChI is InChI=1S/C25H33N3O3/c1-18(2)14-23(25(30)27-17-26)22-5-3-4-21(16-22)20-8-6-19(7-9-20)15-24(29)28-10-12-31-13-11-28/h3-9,16,18,23H,10-15,17,26H2,1-2H3,(H,27,30)/t23-/m1/s1. The summed E-state index contributed by atoms with van der Waals surface area (Å²) < 4.78 is 5.32. The fraction of sp³-hybridized carbons (Fsp3) is 0.440. The highest BCUT2D eigenvalue weighted by molar-refractivity contribution is 5.84. The number of nitrogens with two attached hydrogens (primary N) is 1. The molecule has 31 heavy (non-hydrogen) atoms. The Balaban J connectivity index is 1.73. The molecular formula is C25H33N3O3. The Labute approximate surface area is 184 Å². The monoisotopic (exact) mass is 423 g/mol. The van der Waals surface area contributed by atoms with Crippen molar-refractivity contribution in [3.8, 4) is 11.1 Å². The maximum Gasteiger partial charge on any atom is 0.228 e. The van der Waals surface area contributed by atoms with Gasteiger partial charge in [0.1, 0.15) is 0 Å². The van der Waals surface area contributed by atoms with Crippen LogP contribution < -0.4 is 11.1 Å². The number of morpholine rings is 1. The van der Waals surface area contributed by atoms with Crippen molar-refractivity contribution >= 4 is 11.8 Å². The van der Waals surface area contributed by atoms with Crippen molar-refractivity contribution in [2.75, 3.05) is 33.0 Å². The van der Waals surface area contributed by atoms with Gasteiger partial charge in [0.15, 0.2) is 0 Å². The molecule has 0 spiro atoms. The number of amides is 2. The van der Waals surface area contributed by atoms with Gasteiger partial charge in [-0.2, -0.15) is 0 Å². The van der Waals surface area contributed by atoms with Crippen LogP contribution in [0.2, 0.25) is 0 Å². The van der Waals surface area contributed by atoms with Crippen molar-refractivity contribution in [3.05, 3.63) is 59.7 Å². The Morgan fingerprint density at radius 2 is 1.77 bits per heavy atom. The number of carbonyl (C=O) groups is 2. The molecule has 1 aliphatic heterocycles. The van der Waals surface area contributed by atoms with Crippen LogP contribution in [-0.4, -0.2) is 49.7 Å². The van der Waals surface area contributed by atoms with Gasteiger partial charge in [-0.15, -0.1) is 0 Å². The number of nitrogens with zero attached hydrogens (tertiary/aromatic N) is 1. The Kier molecular flexibility index (Phi) is 8.20. The fourth-order valence-corrected chi connectivity index (χ4v) is 3.94. The van der Waals surface area contributed by atoms with E-state index in [4.69, 9.17) is 10.5 Å². The summed E-state index contributed by atoms with van der Waals surface area (Å²) in [4.78, 5) is 26.9. The van der Waals surface area contributed by atoms with Gasteiger partial charge in [0.05, 0.1) is 32.2 Å². The van der Waals surface area contributed by atoms with Crippen LogP contribution in [0.4, 0.5) is 0 Å². The fourth-order valence-electron chi connectivity index (χ4n) is 3.94. The van der Waals surface area contributed by atoms with Crippen molar-refractivity contribution in [2.45, 2.75) is 32.6 Å². The second-order valence-corrected chi connectivity index (χ2v) is 8.42. The smallest absolute Gasteiger partial charge is 0.228 e. The topological polar surface area (TPSA) is 84.7 Å². The summed E-state index contributed by atoms with van der Waals surface area (Å²) in [5.74, 6) is 0.264. The highest BCUT2D eigenvalue weighted by Crippen LogP contribution is 2.29. The number of carbonyl (C=O) groups excluding carboxylic acids is 2. The van der Waals surface area contributed by atoms with Crippen molar-refractivity contribution in [3.63, 3.8) is 0 Å². The van der Waals surface area contributed by atoms with Crippen LogP contribution in [0.15, 0.2) is 48.5 Å².